The molecule has 2 rings (SSSR count). The molecule has 0 aliphatic rings. The van der Waals surface area contributed by atoms with Crippen LogP contribution in [-0.4, -0.2) is 17.9 Å². The molecule has 1 amide bonds. The number of nitrogens with zero attached hydrogens (tertiary/aromatic N) is 1. The summed E-state index contributed by atoms with van der Waals surface area (Å²) in [4.78, 5) is 15.8. The number of benzene rings is 1. The number of nitrogens with one attached hydrogen (secondary N) is 1. The van der Waals surface area contributed by atoms with E-state index in [2.05, 4.69) is 16.9 Å². The van der Waals surface area contributed by atoms with E-state index in [9.17, 15) is 4.79 Å². The molecule has 1 N–H and O–H groups in total. The number of allylic oxidation sites excluding steroid dienone is 1. The largest absolute Gasteiger partial charge is 0.355 e. The second-order valence-electron chi connectivity index (χ2n) is 3.77. The van der Waals surface area contributed by atoms with Gasteiger partial charge in [0.15, 0.2) is 0 Å². The van der Waals surface area contributed by atoms with Gasteiger partial charge in [-0.25, -0.2) is 0 Å². The van der Waals surface area contributed by atoms with Crippen LogP contribution in [0, 0.1) is 0 Å². The van der Waals surface area contributed by atoms with Crippen LogP contribution in [0.1, 0.15) is 16.1 Å². The molecule has 0 bridgehead atoms. The van der Waals surface area contributed by atoms with Gasteiger partial charge in [0.05, 0.1) is 5.69 Å². The maximum absolute atomic E-state index is 11.5. The van der Waals surface area contributed by atoms with E-state index < -0.39 is 0 Å². The molecule has 0 fully saturated rings. The quantitative estimate of drug-likeness (QED) is 0.816. The Hall–Kier alpha value is -2.16. The molecule has 1 aromatic heterocycles. The van der Waals surface area contributed by atoms with Crippen LogP contribution in [0.3, 0.4) is 0 Å². The van der Waals surface area contributed by atoms with E-state index in [1.165, 1.54) is 0 Å². The van der Waals surface area contributed by atoms with Gasteiger partial charge in [0.25, 0.3) is 5.91 Å². The highest BCUT2D eigenvalue weighted by Gasteiger charge is 2.06. The molecule has 0 spiro atoms. The first-order valence-electron chi connectivity index (χ1n) is 5.47. The highest BCUT2D eigenvalue weighted by Crippen LogP contribution is 2.19. The minimum absolute atomic E-state index is 0.0750. The van der Waals surface area contributed by atoms with Gasteiger partial charge in [0.2, 0.25) is 0 Å². The fourth-order valence-corrected chi connectivity index (χ4v) is 1.83. The molecule has 0 atom stereocenters. The summed E-state index contributed by atoms with van der Waals surface area (Å²) < 4.78 is 0. The van der Waals surface area contributed by atoms with E-state index in [4.69, 9.17) is 0 Å². The minimum atomic E-state index is -0.0750. The fraction of sp³-hybridized carbons (Fsp3) is 0.143. The van der Waals surface area contributed by atoms with Crippen molar-refractivity contribution in [2.75, 3.05) is 7.05 Å². The van der Waals surface area contributed by atoms with E-state index in [1.54, 1.807) is 13.2 Å². The fourth-order valence-electron chi connectivity index (χ4n) is 1.83. The molecular weight excluding hydrogens is 212 g/mol. The molecule has 0 radical (unpaired) electrons. The first-order chi connectivity index (χ1) is 8.26. The highest BCUT2D eigenvalue weighted by atomic mass is 16.1. The van der Waals surface area contributed by atoms with Crippen molar-refractivity contribution in [3.63, 3.8) is 0 Å². The summed E-state index contributed by atoms with van der Waals surface area (Å²) in [6.07, 6.45) is 4.32. The number of hydrogen-bond donors (Lipinski definition) is 1. The topological polar surface area (TPSA) is 42.0 Å². The Morgan fingerprint density at radius 3 is 3.00 bits per heavy atom. The third-order valence-electron chi connectivity index (χ3n) is 2.67. The second-order valence-corrected chi connectivity index (χ2v) is 3.77. The van der Waals surface area contributed by atoms with Gasteiger partial charge in [-0.1, -0.05) is 12.1 Å². The van der Waals surface area contributed by atoms with Crippen molar-refractivity contribution in [3.05, 3.63) is 54.4 Å². The number of amides is 1. The Morgan fingerprint density at radius 2 is 2.29 bits per heavy atom. The molecular formula is C14H14N2O. The summed E-state index contributed by atoms with van der Waals surface area (Å²) in [5.41, 5.74) is 1.65. The number of fused-ring (bicyclic) bond motifs is 1. The van der Waals surface area contributed by atoms with Gasteiger partial charge < -0.3 is 5.32 Å². The van der Waals surface area contributed by atoms with Gasteiger partial charge in [-0.05, 0) is 23.6 Å². The Kier molecular flexibility index (Phi) is 3.19. The van der Waals surface area contributed by atoms with Crippen LogP contribution in [0.2, 0.25) is 0 Å². The minimum Gasteiger partial charge on any atom is -0.355 e. The van der Waals surface area contributed by atoms with Crippen molar-refractivity contribution in [1.29, 1.82) is 0 Å². The maximum atomic E-state index is 11.5. The smallest absolute Gasteiger partial charge is 0.251 e. The molecule has 3 nitrogen and oxygen atoms in total. The Labute approximate surface area is 100 Å². The van der Waals surface area contributed by atoms with Gasteiger partial charge in [-0.15, -0.1) is 6.58 Å². The van der Waals surface area contributed by atoms with Crippen LogP contribution < -0.4 is 5.32 Å². The van der Waals surface area contributed by atoms with Gasteiger partial charge in [0.1, 0.15) is 0 Å². The number of rotatable bonds is 3. The van der Waals surface area contributed by atoms with E-state index in [0.29, 0.717) is 5.56 Å². The standard InChI is InChI=1S/C14H14N2O/c1-3-4-13-12-6-5-11(14(17)15-2)9-10(12)7-8-16-13/h3,5-9H,1,4H2,2H3,(H,15,17). The normalized spacial score (nSPS) is 10.2. The third kappa shape index (κ3) is 2.18. The van der Waals surface area contributed by atoms with Crippen molar-refractivity contribution in [1.82, 2.24) is 10.3 Å². The second kappa shape index (κ2) is 4.78. The molecule has 0 saturated heterocycles. The predicted molar refractivity (Wildman–Crippen MR) is 69.0 cm³/mol. The van der Waals surface area contributed by atoms with Crippen LogP contribution in [0.4, 0.5) is 0 Å². The van der Waals surface area contributed by atoms with Crippen molar-refractivity contribution in [2.45, 2.75) is 6.42 Å². The lowest BCUT2D eigenvalue weighted by atomic mass is 10.0. The molecule has 17 heavy (non-hydrogen) atoms. The molecule has 0 saturated carbocycles. The van der Waals surface area contributed by atoms with Gasteiger partial charge in [0, 0.05) is 30.6 Å². The zero-order chi connectivity index (χ0) is 12.3. The predicted octanol–water partition coefficient (Wildman–Crippen LogP) is 2.32. The van der Waals surface area contributed by atoms with Crippen LogP contribution >= 0.6 is 0 Å². The van der Waals surface area contributed by atoms with Crippen molar-refractivity contribution in [3.8, 4) is 0 Å². The maximum Gasteiger partial charge on any atom is 0.251 e. The summed E-state index contributed by atoms with van der Waals surface area (Å²) in [5.74, 6) is -0.0750. The number of aromatic nitrogens is 1. The van der Waals surface area contributed by atoms with Crippen molar-refractivity contribution in [2.24, 2.45) is 0 Å². The lowest BCUT2D eigenvalue weighted by Gasteiger charge is -2.05. The lowest BCUT2D eigenvalue weighted by molar-refractivity contribution is 0.0963. The molecule has 86 valence electrons. The first-order valence-corrected chi connectivity index (χ1v) is 5.47. The summed E-state index contributed by atoms with van der Waals surface area (Å²) >= 11 is 0. The van der Waals surface area contributed by atoms with Gasteiger partial charge in [-0.3, -0.25) is 9.78 Å². The lowest BCUT2D eigenvalue weighted by Crippen LogP contribution is -2.17. The van der Waals surface area contributed by atoms with Crippen LogP contribution in [0.5, 0.6) is 0 Å². The van der Waals surface area contributed by atoms with E-state index in [-0.39, 0.29) is 5.91 Å². The average Bonchev–Trinajstić information content (AvgIpc) is 2.38. The molecule has 0 unspecified atom stereocenters. The molecule has 1 heterocycles. The Morgan fingerprint density at radius 1 is 1.47 bits per heavy atom. The summed E-state index contributed by atoms with van der Waals surface area (Å²) in [5, 5.41) is 4.71. The number of pyridine rings is 1. The molecule has 0 aliphatic carbocycles. The van der Waals surface area contributed by atoms with Gasteiger partial charge in [-0.2, -0.15) is 0 Å². The number of carbonyl (C=O) groups excluding carboxylic acids is 1. The SMILES string of the molecule is C=CCc1nccc2cc(C(=O)NC)ccc12. The summed E-state index contributed by atoms with van der Waals surface area (Å²) in [6.45, 7) is 3.72. The monoisotopic (exact) mass is 226 g/mol. The Bertz CT molecular complexity index is 575. The highest BCUT2D eigenvalue weighted by molar-refractivity contribution is 5.98. The number of carbonyl (C=O) groups is 1. The average molecular weight is 226 g/mol. The Balaban J connectivity index is 2.56. The van der Waals surface area contributed by atoms with Crippen molar-refractivity contribution >= 4 is 16.7 Å². The van der Waals surface area contributed by atoms with Crippen molar-refractivity contribution < 1.29 is 4.79 Å². The third-order valence-corrected chi connectivity index (χ3v) is 2.67. The summed E-state index contributed by atoms with van der Waals surface area (Å²) in [6, 6.07) is 7.54. The van der Waals surface area contributed by atoms with E-state index in [0.717, 1.165) is 22.9 Å². The van der Waals surface area contributed by atoms with Crippen LogP contribution in [0.25, 0.3) is 10.8 Å². The van der Waals surface area contributed by atoms with Crippen LogP contribution in [0.15, 0.2) is 43.1 Å². The van der Waals surface area contributed by atoms with E-state index >= 15 is 0 Å². The molecule has 1 aromatic carbocycles. The molecule has 3 heteroatoms. The molecule has 0 aliphatic heterocycles. The summed E-state index contributed by atoms with van der Waals surface area (Å²) in [7, 11) is 1.63. The van der Waals surface area contributed by atoms with E-state index in [1.807, 2.05) is 30.3 Å². The van der Waals surface area contributed by atoms with Crippen LogP contribution in [-0.2, 0) is 6.42 Å². The first kappa shape index (κ1) is 11.3. The molecule has 2 aromatic rings. The van der Waals surface area contributed by atoms with Gasteiger partial charge >= 0.3 is 0 Å². The zero-order valence-corrected chi connectivity index (χ0v) is 9.73. The zero-order valence-electron chi connectivity index (χ0n) is 9.73. The number of hydrogen-bond acceptors (Lipinski definition) is 2.